The van der Waals surface area contributed by atoms with Crippen LogP contribution in [0.1, 0.15) is 26.3 Å². The maximum Gasteiger partial charge on any atom is 0.408 e. The Bertz CT molecular complexity index is 1360. The Morgan fingerprint density at radius 1 is 1.10 bits per heavy atom. The smallest absolute Gasteiger partial charge is 0.408 e. The number of amides is 2. The number of carbonyl (C=O) groups excluding carboxylic acids is 2. The number of methoxy groups -OCH3 is 2. The first kappa shape index (κ1) is 28.8. The molecule has 0 aliphatic carbocycles. The summed E-state index contributed by atoms with van der Waals surface area (Å²) in [6.45, 7) is 5.21. The van der Waals surface area contributed by atoms with Gasteiger partial charge in [-0.1, -0.05) is 42.1 Å². The van der Waals surface area contributed by atoms with Crippen LogP contribution in [-0.4, -0.2) is 74.2 Å². The third-order valence-electron chi connectivity index (χ3n) is 6.19. The molecule has 3 atom stereocenters. The third-order valence-corrected chi connectivity index (χ3v) is 9.40. The number of alkyl carbamates (subject to hydrolysis) is 1. The molecule has 2 aliphatic rings. The fourth-order valence-electron chi connectivity index (χ4n) is 4.50. The van der Waals surface area contributed by atoms with Gasteiger partial charge in [-0.25, -0.2) is 13.2 Å². The van der Waals surface area contributed by atoms with E-state index < -0.39 is 39.5 Å². The van der Waals surface area contributed by atoms with Crippen molar-refractivity contribution in [3.63, 3.8) is 0 Å². The van der Waals surface area contributed by atoms with Gasteiger partial charge in [-0.05, 0) is 38.5 Å². The summed E-state index contributed by atoms with van der Waals surface area (Å²) >= 11 is 1.24. The van der Waals surface area contributed by atoms with Gasteiger partial charge in [0.15, 0.2) is 15.0 Å². The van der Waals surface area contributed by atoms with Crippen molar-refractivity contribution in [2.45, 2.75) is 50.1 Å². The molecule has 0 aromatic heterocycles. The lowest BCUT2D eigenvalue weighted by atomic mass is 10.1. The highest BCUT2D eigenvalue weighted by molar-refractivity contribution is 8.16. The van der Waals surface area contributed by atoms with Crippen LogP contribution < -0.4 is 19.7 Å². The number of fused-ring (bicyclic) bond motifs is 1. The van der Waals surface area contributed by atoms with Crippen molar-refractivity contribution < 1.29 is 32.2 Å². The number of carbonyl (C=O) groups is 2. The van der Waals surface area contributed by atoms with Gasteiger partial charge >= 0.3 is 6.09 Å². The molecular weight excluding hydrogens is 542 g/mol. The fourth-order valence-corrected chi connectivity index (χ4v) is 8.42. The van der Waals surface area contributed by atoms with Crippen LogP contribution in [0, 0.1) is 0 Å². The first-order valence-corrected chi connectivity index (χ1v) is 15.1. The third kappa shape index (κ3) is 7.04. The molecule has 2 fully saturated rings. The van der Waals surface area contributed by atoms with Crippen LogP contribution in [0.5, 0.6) is 11.5 Å². The van der Waals surface area contributed by atoms with Gasteiger partial charge in [-0.15, -0.1) is 0 Å². The number of hydrogen-bond donors (Lipinski definition) is 1. The van der Waals surface area contributed by atoms with E-state index >= 15 is 0 Å². The Morgan fingerprint density at radius 3 is 2.46 bits per heavy atom. The van der Waals surface area contributed by atoms with Crippen LogP contribution >= 0.6 is 11.8 Å². The van der Waals surface area contributed by atoms with Crippen LogP contribution in [0.25, 0.3) is 0 Å². The Labute approximate surface area is 233 Å². The molecule has 0 saturated carbocycles. The molecule has 2 aliphatic heterocycles. The molecule has 0 unspecified atom stereocenters. The van der Waals surface area contributed by atoms with Gasteiger partial charge in [0.2, 0.25) is 0 Å². The Balaban J connectivity index is 1.71. The number of rotatable bonds is 7. The molecule has 2 aromatic carbocycles. The van der Waals surface area contributed by atoms with Crippen molar-refractivity contribution in [3.05, 3.63) is 54.1 Å². The summed E-state index contributed by atoms with van der Waals surface area (Å²) in [5, 5.41) is 2.69. The van der Waals surface area contributed by atoms with E-state index in [9.17, 15) is 18.0 Å². The lowest BCUT2D eigenvalue weighted by Gasteiger charge is -2.27. The van der Waals surface area contributed by atoms with Gasteiger partial charge in [0, 0.05) is 17.7 Å². The summed E-state index contributed by atoms with van der Waals surface area (Å²) in [7, 11) is -0.228. The van der Waals surface area contributed by atoms with Crippen LogP contribution in [0.3, 0.4) is 0 Å². The topological polar surface area (TPSA) is 124 Å². The molecule has 10 nitrogen and oxygen atoms in total. The number of hydrogen-bond acceptors (Lipinski definition) is 8. The summed E-state index contributed by atoms with van der Waals surface area (Å²) < 4.78 is 41.4. The maximum atomic E-state index is 13.6. The van der Waals surface area contributed by atoms with Crippen LogP contribution in [0.4, 0.5) is 10.5 Å². The number of ether oxygens (including phenoxy) is 3. The van der Waals surface area contributed by atoms with E-state index in [4.69, 9.17) is 14.2 Å². The number of benzene rings is 2. The molecule has 0 radical (unpaired) electrons. The molecular formula is C27H33N3O7S2. The molecule has 39 heavy (non-hydrogen) atoms. The van der Waals surface area contributed by atoms with Crippen molar-refractivity contribution in [1.29, 1.82) is 0 Å². The number of nitrogens with zero attached hydrogens (tertiary/aromatic N) is 2. The van der Waals surface area contributed by atoms with Crippen LogP contribution in [0.15, 0.2) is 53.5 Å². The molecule has 1 N–H and O–H groups in total. The zero-order valence-electron chi connectivity index (χ0n) is 22.5. The maximum absolute atomic E-state index is 13.6. The predicted molar refractivity (Wildman–Crippen MR) is 152 cm³/mol. The lowest BCUT2D eigenvalue weighted by Crippen LogP contribution is -2.45. The molecule has 210 valence electrons. The first-order chi connectivity index (χ1) is 18.4. The predicted octanol–water partition coefficient (Wildman–Crippen LogP) is 3.44. The summed E-state index contributed by atoms with van der Waals surface area (Å²) in [6.07, 6.45) is -0.533. The van der Waals surface area contributed by atoms with E-state index in [0.29, 0.717) is 22.4 Å². The molecule has 2 amide bonds. The summed E-state index contributed by atoms with van der Waals surface area (Å²) in [4.78, 5) is 32.4. The number of aliphatic imine (C=N–C) groups is 1. The molecule has 2 saturated heterocycles. The number of thioether (sulfide) groups is 1. The van der Waals surface area contributed by atoms with E-state index in [2.05, 4.69) is 10.3 Å². The average molecular weight is 576 g/mol. The quantitative estimate of drug-likeness (QED) is 0.529. The number of anilines is 1. The van der Waals surface area contributed by atoms with Gasteiger partial charge in [-0.2, -0.15) is 4.99 Å². The number of nitrogens with one attached hydrogen (secondary N) is 1. The lowest BCUT2D eigenvalue weighted by molar-refractivity contribution is -0.119. The minimum absolute atomic E-state index is 0.0259. The van der Waals surface area contributed by atoms with E-state index in [-0.39, 0.29) is 23.2 Å². The average Bonchev–Trinajstić information content (AvgIpc) is 3.33. The van der Waals surface area contributed by atoms with Crippen molar-refractivity contribution in [1.82, 2.24) is 5.32 Å². The SMILES string of the molecule is COc1ccc(OC)c(N2C(=NC(=O)[C@H](Cc3ccccc3)NC(=O)OC(C)(C)C)S[C@@H]3CS(=O)(=O)C[C@@H]32)c1. The van der Waals surface area contributed by atoms with Crippen LogP contribution in [0.2, 0.25) is 0 Å². The highest BCUT2D eigenvalue weighted by atomic mass is 32.2. The zero-order valence-corrected chi connectivity index (χ0v) is 24.2. The van der Waals surface area contributed by atoms with Gasteiger partial charge in [0.25, 0.3) is 5.91 Å². The Morgan fingerprint density at radius 2 is 1.82 bits per heavy atom. The zero-order chi connectivity index (χ0) is 28.4. The van der Waals surface area contributed by atoms with E-state index in [1.54, 1.807) is 43.9 Å². The summed E-state index contributed by atoms with van der Waals surface area (Å²) in [5.41, 5.74) is 0.626. The van der Waals surface area contributed by atoms with Gasteiger partial charge < -0.3 is 24.4 Å². The van der Waals surface area contributed by atoms with Crippen molar-refractivity contribution in [2.24, 2.45) is 4.99 Å². The second-order valence-corrected chi connectivity index (χ2v) is 13.7. The van der Waals surface area contributed by atoms with Crippen molar-refractivity contribution in [2.75, 3.05) is 30.6 Å². The standard InChI is InChI=1S/C27H33N3O7S2/c1-27(2,3)37-26(32)28-19(13-17-9-7-6-8-10-17)24(31)29-25-30(21-15-39(33,34)16-23(21)38-25)20-14-18(35-4)11-12-22(20)36-5/h6-12,14,19,21,23H,13,15-16H2,1-5H3,(H,28,32)/t19-,21-,23+/m0/s1. The highest BCUT2D eigenvalue weighted by Gasteiger charge is 2.50. The second kappa shape index (κ2) is 11.5. The van der Waals surface area contributed by atoms with E-state index in [0.717, 1.165) is 5.56 Å². The fraction of sp³-hybridized carbons (Fsp3) is 0.444. The van der Waals surface area contributed by atoms with Crippen LogP contribution in [-0.2, 0) is 25.8 Å². The van der Waals surface area contributed by atoms with Gasteiger partial charge in [0.05, 0.1) is 37.5 Å². The minimum Gasteiger partial charge on any atom is -0.497 e. The monoisotopic (exact) mass is 575 g/mol. The van der Waals surface area contributed by atoms with Gasteiger partial charge in [0.1, 0.15) is 23.1 Å². The van der Waals surface area contributed by atoms with E-state index in [1.807, 2.05) is 30.3 Å². The van der Waals surface area contributed by atoms with Gasteiger partial charge in [-0.3, -0.25) is 4.79 Å². The molecule has 2 heterocycles. The molecule has 4 rings (SSSR count). The van der Waals surface area contributed by atoms with E-state index in [1.165, 1.54) is 26.0 Å². The summed E-state index contributed by atoms with van der Waals surface area (Å²) in [5.74, 6) is 0.333. The number of sulfone groups is 1. The minimum atomic E-state index is -3.27. The molecule has 0 bridgehead atoms. The second-order valence-electron chi connectivity index (χ2n) is 10.3. The number of amidine groups is 1. The van der Waals surface area contributed by atoms with Crippen molar-refractivity contribution in [3.8, 4) is 11.5 Å². The molecule has 0 spiro atoms. The first-order valence-electron chi connectivity index (χ1n) is 12.4. The largest absolute Gasteiger partial charge is 0.497 e. The normalized spacial score (nSPS) is 21.8. The Hall–Kier alpha value is -3.25. The summed E-state index contributed by atoms with van der Waals surface area (Å²) in [6, 6.07) is 13.0. The highest BCUT2D eigenvalue weighted by Crippen LogP contribution is 2.45. The Kier molecular flexibility index (Phi) is 8.45. The molecule has 2 aromatic rings. The van der Waals surface area contributed by atoms with Crippen molar-refractivity contribution >= 4 is 44.5 Å². The molecule has 12 heteroatoms.